The third kappa shape index (κ3) is 1.84. The normalized spacial score (nSPS) is 25.2. The molecule has 0 bridgehead atoms. The van der Waals surface area contributed by atoms with Crippen molar-refractivity contribution in [1.82, 2.24) is 0 Å². The molecule has 0 aliphatic carbocycles. The second-order valence-corrected chi connectivity index (χ2v) is 3.18. The van der Waals surface area contributed by atoms with E-state index in [9.17, 15) is 9.59 Å². The van der Waals surface area contributed by atoms with E-state index >= 15 is 0 Å². The van der Waals surface area contributed by atoms with E-state index in [1.165, 1.54) is 0 Å². The molecule has 0 spiro atoms. The summed E-state index contributed by atoms with van der Waals surface area (Å²) in [5, 5.41) is 0. The minimum Gasteiger partial charge on any atom is -0.462 e. The molecule has 3 nitrogen and oxygen atoms in total. The number of ether oxygens (including phenoxy) is 1. The van der Waals surface area contributed by atoms with E-state index in [1.807, 2.05) is 13.8 Å². The molecule has 2 atom stereocenters. The van der Waals surface area contributed by atoms with Gasteiger partial charge in [0.15, 0.2) is 0 Å². The topological polar surface area (TPSA) is 43.4 Å². The van der Waals surface area contributed by atoms with Gasteiger partial charge in [-0.05, 0) is 6.42 Å². The second kappa shape index (κ2) is 3.70. The summed E-state index contributed by atoms with van der Waals surface area (Å²) < 4.78 is 4.99. The Morgan fingerprint density at radius 3 is 2.83 bits per heavy atom. The summed E-state index contributed by atoms with van der Waals surface area (Å²) in [6, 6.07) is 0. The number of carbonyl (C=O) groups excluding carboxylic acids is 2. The van der Waals surface area contributed by atoms with E-state index in [0.717, 1.165) is 0 Å². The Kier molecular flexibility index (Phi) is 2.84. The van der Waals surface area contributed by atoms with Crippen molar-refractivity contribution in [1.29, 1.82) is 0 Å². The van der Waals surface area contributed by atoms with Crippen LogP contribution in [0.3, 0.4) is 0 Å². The Hall–Kier alpha value is -0.860. The summed E-state index contributed by atoms with van der Waals surface area (Å²) in [4.78, 5) is 21.9. The van der Waals surface area contributed by atoms with Crippen LogP contribution in [0.15, 0.2) is 0 Å². The second-order valence-electron chi connectivity index (χ2n) is 3.18. The smallest absolute Gasteiger partial charge is 0.306 e. The molecule has 1 fully saturated rings. The van der Waals surface area contributed by atoms with Crippen LogP contribution in [0.2, 0.25) is 0 Å². The van der Waals surface area contributed by atoms with Gasteiger partial charge in [0, 0.05) is 12.8 Å². The van der Waals surface area contributed by atoms with E-state index < -0.39 is 0 Å². The molecule has 1 aliphatic rings. The Labute approximate surface area is 72.1 Å². The number of hydrogen-bond acceptors (Lipinski definition) is 3. The van der Waals surface area contributed by atoms with Crippen molar-refractivity contribution >= 4 is 11.8 Å². The lowest BCUT2D eigenvalue weighted by atomic mass is 9.96. The first-order chi connectivity index (χ1) is 5.65. The molecule has 0 aromatic rings. The molecule has 0 unspecified atom stereocenters. The van der Waals surface area contributed by atoms with Crippen molar-refractivity contribution in [3.05, 3.63) is 0 Å². The molecule has 1 aliphatic heterocycles. The van der Waals surface area contributed by atoms with Crippen LogP contribution in [-0.2, 0) is 14.3 Å². The first-order valence-corrected chi connectivity index (χ1v) is 4.37. The highest BCUT2D eigenvalue weighted by Gasteiger charge is 2.31. The van der Waals surface area contributed by atoms with E-state index in [1.54, 1.807) is 0 Å². The van der Waals surface area contributed by atoms with Crippen LogP contribution in [0.1, 0.15) is 33.1 Å². The number of carbonyl (C=O) groups is 2. The molecular formula is C9H14O3. The summed E-state index contributed by atoms with van der Waals surface area (Å²) in [6.45, 7) is 3.66. The van der Waals surface area contributed by atoms with Gasteiger partial charge in [0.2, 0.25) is 0 Å². The highest BCUT2D eigenvalue weighted by atomic mass is 16.5. The van der Waals surface area contributed by atoms with Crippen molar-refractivity contribution in [3.8, 4) is 0 Å². The average Bonchev–Trinajstić information content (AvgIpc) is 2.49. The lowest BCUT2D eigenvalue weighted by Gasteiger charge is -2.15. The molecule has 1 heterocycles. The van der Waals surface area contributed by atoms with E-state index in [2.05, 4.69) is 0 Å². The molecule has 0 aromatic carbocycles. The van der Waals surface area contributed by atoms with Gasteiger partial charge in [-0.2, -0.15) is 0 Å². The first-order valence-electron chi connectivity index (χ1n) is 4.37. The summed E-state index contributed by atoms with van der Waals surface area (Å²) in [5.74, 6) is -0.119. The van der Waals surface area contributed by atoms with Gasteiger partial charge < -0.3 is 4.74 Å². The monoisotopic (exact) mass is 170 g/mol. The third-order valence-corrected chi connectivity index (χ3v) is 2.33. The van der Waals surface area contributed by atoms with Crippen LogP contribution >= 0.6 is 0 Å². The molecule has 0 N–H and O–H groups in total. The maximum absolute atomic E-state index is 11.2. The number of hydrogen-bond donors (Lipinski definition) is 0. The van der Waals surface area contributed by atoms with Gasteiger partial charge in [-0.3, -0.25) is 9.59 Å². The fourth-order valence-electron chi connectivity index (χ4n) is 1.43. The minimum atomic E-state index is -0.171. The standard InChI is InChI=1S/C9H14O3/c1-3-7(10)6(2)8-4-5-9(11)12-8/h6,8H,3-5H2,1-2H3/t6-,8-/m1/s1. The number of ketones is 1. The summed E-state index contributed by atoms with van der Waals surface area (Å²) in [5.41, 5.74) is 0. The maximum Gasteiger partial charge on any atom is 0.306 e. The molecule has 0 aromatic heterocycles. The van der Waals surface area contributed by atoms with E-state index in [-0.39, 0.29) is 23.8 Å². The molecule has 0 radical (unpaired) electrons. The Bertz CT molecular complexity index is 198. The van der Waals surface area contributed by atoms with Crippen molar-refractivity contribution in [3.63, 3.8) is 0 Å². The van der Waals surface area contributed by atoms with Crippen molar-refractivity contribution < 1.29 is 14.3 Å². The molecule has 12 heavy (non-hydrogen) atoms. The first kappa shape index (κ1) is 9.23. The Morgan fingerprint density at radius 2 is 2.42 bits per heavy atom. The average molecular weight is 170 g/mol. The lowest BCUT2D eigenvalue weighted by molar-refractivity contribution is -0.144. The van der Waals surface area contributed by atoms with E-state index in [0.29, 0.717) is 19.3 Å². The number of esters is 1. The molecular weight excluding hydrogens is 156 g/mol. The highest BCUT2D eigenvalue weighted by Crippen LogP contribution is 2.22. The molecule has 1 rings (SSSR count). The third-order valence-electron chi connectivity index (χ3n) is 2.33. The predicted octanol–water partition coefficient (Wildman–Crippen LogP) is 1.31. The Balaban J connectivity index is 2.48. The number of rotatable bonds is 3. The fourth-order valence-corrected chi connectivity index (χ4v) is 1.43. The van der Waals surface area contributed by atoms with Gasteiger partial charge in [0.25, 0.3) is 0 Å². The molecule has 0 saturated carbocycles. The molecule has 3 heteroatoms. The van der Waals surface area contributed by atoms with Gasteiger partial charge in [-0.25, -0.2) is 0 Å². The zero-order chi connectivity index (χ0) is 9.14. The van der Waals surface area contributed by atoms with Gasteiger partial charge in [-0.15, -0.1) is 0 Å². The van der Waals surface area contributed by atoms with Crippen molar-refractivity contribution in [2.75, 3.05) is 0 Å². The maximum atomic E-state index is 11.2. The Morgan fingerprint density at radius 1 is 1.75 bits per heavy atom. The van der Waals surface area contributed by atoms with E-state index in [4.69, 9.17) is 4.74 Å². The fraction of sp³-hybridized carbons (Fsp3) is 0.778. The number of cyclic esters (lactones) is 1. The summed E-state index contributed by atoms with van der Waals surface area (Å²) in [6.07, 6.45) is 1.53. The largest absolute Gasteiger partial charge is 0.462 e. The molecule has 1 saturated heterocycles. The van der Waals surface area contributed by atoms with Crippen LogP contribution in [0, 0.1) is 5.92 Å². The van der Waals surface area contributed by atoms with Crippen LogP contribution in [-0.4, -0.2) is 17.9 Å². The quantitative estimate of drug-likeness (QED) is 0.600. The molecule has 0 amide bonds. The van der Waals surface area contributed by atoms with Gasteiger partial charge in [-0.1, -0.05) is 13.8 Å². The van der Waals surface area contributed by atoms with Crippen LogP contribution in [0.4, 0.5) is 0 Å². The van der Waals surface area contributed by atoms with Crippen LogP contribution < -0.4 is 0 Å². The minimum absolute atomic E-state index is 0.124. The van der Waals surface area contributed by atoms with Gasteiger partial charge in [0.05, 0.1) is 5.92 Å². The summed E-state index contributed by atoms with van der Waals surface area (Å²) >= 11 is 0. The molecule has 68 valence electrons. The van der Waals surface area contributed by atoms with Crippen LogP contribution in [0.5, 0.6) is 0 Å². The van der Waals surface area contributed by atoms with Crippen molar-refractivity contribution in [2.24, 2.45) is 5.92 Å². The predicted molar refractivity (Wildman–Crippen MR) is 43.6 cm³/mol. The zero-order valence-corrected chi connectivity index (χ0v) is 7.50. The van der Waals surface area contributed by atoms with Crippen molar-refractivity contribution in [2.45, 2.75) is 39.2 Å². The number of Topliss-reactive ketones (excluding diaryl/α,β-unsaturated/α-hetero) is 1. The zero-order valence-electron chi connectivity index (χ0n) is 7.50. The highest BCUT2D eigenvalue weighted by molar-refractivity contribution is 5.82. The summed E-state index contributed by atoms with van der Waals surface area (Å²) in [7, 11) is 0. The SMILES string of the molecule is CCC(=O)[C@@H](C)[C@H]1CCC(=O)O1. The van der Waals surface area contributed by atoms with Crippen LogP contribution in [0.25, 0.3) is 0 Å². The van der Waals surface area contributed by atoms with Gasteiger partial charge in [0.1, 0.15) is 11.9 Å². The van der Waals surface area contributed by atoms with Gasteiger partial charge >= 0.3 is 5.97 Å². The lowest BCUT2D eigenvalue weighted by Crippen LogP contribution is -2.24.